The van der Waals surface area contributed by atoms with Crippen molar-refractivity contribution in [2.45, 2.75) is 70.6 Å². The number of halogens is 1. The first-order valence-electron chi connectivity index (χ1n) is 10.1. The van der Waals surface area contributed by atoms with Gasteiger partial charge in [-0.3, -0.25) is 0 Å². The van der Waals surface area contributed by atoms with Gasteiger partial charge in [0, 0.05) is 0 Å². The maximum Gasteiger partial charge on any atom is 0.141 e. The van der Waals surface area contributed by atoms with Crippen molar-refractivity contribution in [2.24, 2.45) is 17.8 Å². The number of nitrogens with zero attached hydrogens (tertiary/aromatic N) is 1. The standard InChI is InChI=1S/C23H30FN/c1-2-17-3-5-18(6-4-17)7-8-19-9-11-20(12-10-19)21-13-14-22(16-25)23(24)15-21/h7-8,13-15,17-20H,2-6,9-12H2,1H3/t17-,18-,19-,20-. The summed E-state index contributed by atoms with van der Waals surface area (Å²) in [5.41, 5.74) is 1.22. The van der Waals surface area contributed by atoms with Gasteiger partial charge >= 0.3 is 0 Å². The van der Waals surface area contributed by atoms with Crippen LogP contribution in [0.2, 0.25) is 0 Å². The fraction of sp³-hybridized carbons (Fsp3) is 0.609. The zero-order chi connectivity index (χ0) is 17.6. The minimum absolute atomic E-state index is 0.151. The molecule has 1 nitrogen and oxygen atoms in total. The van der Waals surface area contributed by atoms with Crippen LogP contribution in [0.3, 0.4) is 0 Å². The summed E-state index contributed by atoms with van der Waals surface area (Å²) in [7, 11) is 0. The maximum atomic E-state index is 13.8. The van der Waals surface area contributed by atoms with Gasteiger partial charge in [0.2, 0.25) is 0 Å². The first-order valence-corrected chi connectivity index (χ1v) is 10.1. The Morgan fingerprint density at radius 3 is 2.12 bits per heavy atom. The van der Waals surface area contributed by atoms with E-state index in [2.05, 4.69) is 19.1 Å². The fourth-order valence-corrected chi connectivity index (χ4v) is 4.62. The Balaban J connectivity index is 1.48. The molecule has 2 fully saturated rings. The lowest BCUT2D eigenvalue weighted by atomic mass is 9.77. The summed E-state index contributed by atoms with van der Waals surface area (Å²) in [5.74, 6) is 2.54. The Bertz CT molecular complexity index is 626. The van der Waals surface area contributed by atoms with Gasteiger partial charge in [0.15, 0.2) is 0 Å². The van der Waals surface area contributed by atoms with E-state index in [1.165, 1.54) is 44.9 Å². The molecule has 1 aromatic rings. The highest BCUT2D eigenvalue weighted by Crippen LogP contribution is 2.38. The number of hydrogen-bond donors (Lipinski definition) is 0. The number of nitriles is 1. The van der Waals surface area contributed by atoms with Crippen LogP contribution in [0.25, 0.3) is 0 Å². The normalized spacial score (nSPS) is 30.3. The average molecular weight is 339 g/mol. The van der Waals surface area contributed by atoms with Gasteiger partial charge in [0.25, 0.3) is 0 Å². The lowest BCUT2D eigenvalue weighted by Crippen LogP contribution is -2.14. The Hall–Kier alpha value is -1.62. The predicted octanol–water partition coefficient (Wildman–Crippen LogP) is 6.74. The van der Waals surface area contributed by atoms with Gasteiger partial charge in [-0.1, -0.05) is 31.6 Å². The van der Waals surface area contributed by atoms with Crippen molar-refractivity contribution >= 4 is 0 Å². The highest BCUT2D eigenvalue weighted by Gasteiger charge is 2.23. The summed E-state index contributed by atoms with van der Waals surface area (Å²) in [4.78, 5) is 0. The molecular formula is C23H30FN. The summed E-state index contributed by atoms with van der Waals surface area (Å²) >= 11 is 0. The van der Waals surface area contributed by atoms with Crippen molar-refractivity contribution < 1.29 is 4.39 Å². The molecule has 0 unspecified atom stereocenters. The monoisotopic (exact) mass is 339 g/mol. The first kappa shape index (κ1) is 18.2. The molecule has 0 aromatic heterocycles. The van der Waals surface area contributed by atoms with E-state index in [1.807, 2.05) is 12.1 Å². The number of hydrogen-bond acceptors (Lipinski definition) is 1. The minimum atomic E-state index is -0.371. The molecule has 2 heteroatoms. The quantitative estimate of drug-likeness (QED) is 0.557. The molecule has 0 saturated heterocycles. The molecule has 0 bridgehead atoms. The molecule has 25 heavy (non-hydrogen) atoms. The Morgan fingerprint density at radius 2 is 1.60 bits per heavy atom. The smallest absolute Gasteiger partial charge is 0.141 e. The molecular weight excluding hydrogens is 309 g/mol. The van der Waals surface area contributed by atoms with Crippen molar-refractivity contribution in [3.05, 3.63) is 47.3 Å². The van der Waals surface area contributed by atoms with Crippen LogP contribution in [0.4, 0.5) is 4.39 Å². The summed E-state index contributed by atoms with van der Waals surface area (Å²) in [6.07, 6.45) is 16.5. The van der Waals surface area contributed by atoms with Gasteiger partial charge < -0.3 is 0 Å². The van der Waals surface area contributed by atoms with Crippen LogP contribution < -0.4 is 0 Å². The zero-order valence-electron chi connectivity index (χ0n) is 15.4. The van der Waals surface area contributed by atoms with Crippen LogP contribution in [-0.4, -0.2) is 0 Å². The molecule has 3 rings (SSSR count). The fourth-order valence-electron chi connectivity index (χ4n) is 4.62. The van der Waals surface area contributed by atoms with Gasteiger partial charge in [-0.2, -0.15) is 5.26 Å². The molecule has 0 atom stereocenters. The van der Waals surface area contributed by atoms with Crippen LogP contribution in [0, 0.1) is 34.9 Å². The van der Waals surface area contributed by atoms with Crippen LogP contribution in [-0.2, 0) is 0 Å². The van der Waals surface area contributed by atoms with Crippen LogP contribution in [0.5, 0.6) is 0 Å². The molecule has 2 aliphatic carbocycles. The molecule has 2 aliphatic rings. The van der Waals surface area contributed by atoms with E-state index < -0.39 is 0 Å². The summed E-state index contributed by atoms with van der Waals surface area (Å²) in [5, 5.41) is 8.85. The third kappa shape index (κ3) is 4.72. The lowest BCUT2D eigenvalue weighted by Gasteiger charge is -2.29. The van der Waals surface area contributed by atoms with Gasteiger partial charge in [-0.15, -0.1) is 0 Å². The van der Waals surface area contributed by atoms with E-state index in [-0.39, 0.29) is 11.4 Å². The van der Waals surface area contributed by atoms with Gasteiger partial charge in [0.05, 0.1) is 5.56 Å². The summed E-state index contributed by atoms with van der Waals surface area (Å²) in [6.45, 7) is 2.32. The van der Waals surface area contributed by atoms with Gasteiger partial charge in [-0.25, -0.2) is 4.39 Å². The largest absolute Gasteiger partial charge is 0.206 e. The highest BCUT2D eigenvalue weighted by atomic mass is 19.1. The topological polar surface area (TPSA) is 23.8 Å². The Labute approximate surface area is 151 Å². The SMILES string of the molecule is CC[C@H]1CC[C@H](C=C[C@H]2CC[C@H](c3ccc(C#N)c(F)c3)CC2)CC1. The molecule has 1 aromatic carbocycles. The van der Waals surface area contributed by atoms with E-state index in [9.17, 15) is 4.39 Å². The molecule has 134 valence electrons. The Morgan fingerprint density at radius 1 is 1.00 bits per heavy atom. The van der Waals surface area contributed by atoms with Crippen molar-refractivity contribution in [2.75, 3.05) is 0 Å². The van der Waals surface area contributed by atoms with Gasteiger partial charge in [-0.05, 0) is 92.7 Å². The van der Waals surface area contributed by atoms with Crippen LogP contribution in [0.1, 0.15) is 81.8 Å². The molecule has 0 spiro atoms. The third-order valence-corrected chi connectivity index (χ3v) is 6.48. The van der Waals surface area contributed by atoms with Crippen molar-refractivity contribution in [1.82, 2.24) is 0 Å². The molecule has 0 N–H and O–H groups in total. The number of benzene rings is 1. The van der Waals surface area contributed by atoms with E-state index in [4.69, 9.17) is 5.26 Å². The third-order valence-electron chi connectivity index (χ3n) is 6.48. The highest BCUT2D eigenvalue weighted by molar-refractivity contribution is 5.35. The number of allylic oxidation sites excluding steroid dienone is 2. The van der Waals surface area contributed by atoms with Crippen LogP contribution in [0.15, 0.2) is 30.4 Å². The molecule has 0 aliphatic heterocycles. The molecule has 0 radical (unpaired) electrons. The minimum Gasteiger partial charge on any atom is -0.206 e. The second-order valence-electron chi connectivity index (χ2n) is 8.04. The van der Waals surface area contributed by atoms with Crippen molar-refractivity contribution in [1.29, 1.82) is 5.26 Å². The van der Waals surface area contributed by atoms with Crippen molar-refractivity contribution in [3.63, 3.8) is 0 Å². The molecule has 0 amide bonds. The second kappa shape index (κ2) is 8.65. The predicted molar refractivity (Wildman–Crippen MR) is 101 cm³/mol. The summed E-state index contributed by atoms with van der Waals surface area (Å²) in [6, 6.07) is 7.04. The molecule has 0 heterocycles. The second-order valence-corrected chi connectivity index (χ2v) is 8.04. The van der Waals surface area contributed by atoms with E-state index in [0.29, 0.717) is 11.8 Å². The van der Waals surface area contributed by atoms with E-state index in [0.717, 1.165) is 30.2 Å². The first-order chi connectivity index (χ1) is 12.2. The zero-order valence-corrected chi connectivity index (χ0v) is 15.4. The average Bonchev–Trinajstić information content (AvgIpc) is 2.67. The summed E-state index contributed by atoms with van der Waals surface area (Å²) < 4.78 is 13.8. The lowest BCUT2D eigenvalue weighted by molar-refractivity contribution is 0.301. The number of rotatable bonds is 4. The van der Waals surface area contributed by atoms with Crippen molar-refractivity contribution in [3.8, 4) is 6.07 Å². The Kier molecular flexibility index (Phi) is 6.29. The maximum absolute atomic E-state index is 13.8. The van der Waals surface area contributed by atoms with Crippen LogP contribution >= 0.6 is 0 Å². The molecule has 2 saturated carbocycles. The van der Waals surface area contributed by atoms with E-state index >= 15 is 0 Å². The van der Waals surface area contributed by atoms with E-state index in [1.54, 1.807) is 12.1 Å². The van der Waals surface area contributed by atoms with Gasteiger partial charge in [0.1, 0.15) is 11.9 Å².